The molecule has 180 valence electrons. The fraction of sp³-hybridized carbons (Fsp3) is 0.304. The van der Waals surface area contributed by atoms with Gasteiger partial charge in [-0.3, -0.25) is 19.3 Å². The molecule has 1 aromatic carbocycles. The van der Waals surface area contributed by atoms with Crippen LogP contribution in [0.15, 0.2) is 40.8 Å². The Kier molecular flexibility index (Phi) is 7.95. The maximum atomic E-state index is 13.8. The second-order valence-corrected chi connectivity index (χ2v) is 9.32. The predicted octanol–water partition coefficient (Wildman–Crippen LogP) is 3.93. The number of carbonyl (C=O) groups is 3. The number of carbonyl (C=O) groups excluding carboxylic acids is 3. The van der Waals surface area contributed by atoms with E-state index in [4.69, 9.17) is 27.5 Å². The molecule has 0 spiro atoms. The molecule has 0 aliphatic heterocycles. The van der Waals surface area contributed by atoms with Crippen molar-refractivity contribution in [2.45, 2.75) is 33.2 Å². The Hall–Kier alpha value is -3.37. The lowest BCUT2D eigenvalue weighted by Gasteiger charge is -2.30. The minimum Gasteiger partial charge on any atom is -0.464 e. The minimum absolute atomic E-state index is 0.0213. The van der Waals surface area contributed by atoms with Gasteiger partial charge in [-0.15, -0.1) is 0 Å². The highest BCUT2D eigenvalue weighted by Crippen LogP contribution is 2.34. The third-order valence-corrected chi connectivity index (χ3v) is 6.14. The van der Waals surface area contributed by atoms with Crippen LogP contribution >= 0.6 is 23.1 Å². The number of furan rings is 1. The molecule has 0 saturated heterocycles. The lowest BCUT2D eigenvalue weighted by molar-refractivity contribution is -0.122. The molecule has 3 rings (SSSR count). The number of anilines is 2. The van der Waals surface area contributed by atoms with Crippen molar-refractivity contribution in [2.24, 2.45) is 11.7 Å². The van der Waals surface area contributed by atoms with Crippen molar-refractivity contribution >= 4 is 52.2 Å². The molecule has 1 atom stereocenters. The average Bonchev–Trinajstić information content (AvgIpc) is 3.37. The molecular weight excluding hydrogens is 478 g/mol. The number of hydrogen-bond donors (Lipinski definition) is 3. The number of benzene rings is 1. The Labute approximate surface area is 206 Å². The lowest BCUT2D eigenvalue weighted by Crippen LogP contribution is -2.44. The summed E-state index contributed by atoms with van der Waals surface area (Å²) in [5.41, 5.74) is 11.4. The summed E-state index contributed by atoms with van der Waals surface area (Å²) >= 11 is 6.79. The van der Waals surface area contributed by atoms with Gasteiger partial charge in [0.1, 0.15) is 16.4 Å². The van der Waals surface area contributed by atoms with E-state index in [2.05, 4.69) is 9.69 Å². The van der Waals surface area contributed by atoms with Gasteiger partial charge in [0, 0.05) is 17.3 Å². The Morgan fingerprint density at radius 3 is 2.38 bits per heavy atom. The molecule has 34 heavy (non-hydrogen) atoms. The molecule has 3 aromatic rings. The largest absolute Gasteiger partial charge is 0.464 e. The van der Waals surface area contributed by atoms with Crippen molar-refractivity contribution in [1.82, 2.24) is 9.69 Å². The first-order valence-electron chi connectivity index (χ1n) is 10.6. The van der Waals surface area contributed by atoms with Gasteiger partial charge in [0.15, 0.2) is 11.7 Å². The Bertz CT molecular complexity index is 1190. The first kappa shape index (κ1) is 25.3. The molecule has 0 radical (unpaired) electrons. The van der Waals surface area contributed by atoms with Gasteiger partial charge < -0.3 is 21.2 Å². The molecule has 0 bridgehead atoms. The molecule has 0 fully saturated rings. The molecular formula is C23H26ClN5O4S. The van der Waals surface area contributed by atoms with Crippen LogP contribution in [-0.2, 0) is 4.79 Å². The number of nitrogens with two attached hydrogens (primary N) is 2. The zero-order chi connectivity index (χ0) is 25.0. The molecule has 3 amide bonds. The molecule has 0 saturated carbocycles. The second-order valence-electron chi connectivity index (χ2n) is 8.11. The molecule has 0 aliphatic carbocycles. The summed E-state index contributed by atoms with van der Waals surface area (Å²) in [6, 6.07) is 8.61. The molecule has 2 heterocycles. The van der Waals surface area contributed by atoms with Gasteiger partial charge in [-0.2, -0.15) is 4.37 Å². The van der Waals surface area contributed by atoms with Gasteiger partial charge in [0.2, 0.25) is 0 Å². The molecule has 1 unspecified atom stereocenters. The zero-order valence-corrected chi connectivity index (χ0v) is 20.6. The number of hydrogen-bond acceptors (Lipinski definition) is 7. The quantitative estimate of drug-likeness (QED) is 0.403. The van der Waals surface area contributed by atoms with Crippen molar-refractivity contribution in [1.29, 1.82) is 0 Å². The number of aromatic nitrogens is 1. The van der Waals surface area contributed by atoms with Gasteiger partial charge in [-0.25, -0.2) is 0 Å². The Morgan fingerprint density at radius 2 is 1.85 bits per heavy atom. The summed E-state index contributed by atoms with van der Waals surface area (Å²) < 4.78 is 9.71. The van der Waals surface area contributed by atoms with Crippen LogP contribution in [0.2, 0.25) is 5.02 Å². The molecule has 5 N–H and O–H groups in total. The van der Waals surface area contributed by atoms with E-state index < -0.39 is 23.8 Å². The van der Waals surface area contributed by atoms with Crippen molar-refractivity contribution < 1.29 is 18.8 Å². The van der Waals surface area contributed by atoms with Crippen LogP contribution < -0.4 is 21.7 Å². The summed E-state index contributed by atoms with van der Waals surface area (Å²) in [6.07, 6.45) is 0.758. The number of nitrogens with zero attached hydrogens (tertiary/aromatic N) is 2. The fourth-order valence-electron chi connectivity index (χ4n) is 3.28. The number of nitrogen functional groups attached to an aromatic ring is 1. The van der Waals surface area contributed by atoms with Crippen LogP contribution in [0.4, 0.5) is 11.4 Å². The van der Waals surface area contributed by atoms with Gasteiger partial charge >= 0.3 is 0 Å². The highest BCUT2D eigenvalue weighted by Gasteiger charge is 2.37. The van der Waals surface area contributed by atoms with Crippen molar-refractivity contribution in [3.8, 4) is 0 Å². The normalized spacial score (nSPS) is 11.9. The summed E-state index contributed by atoms with van der Waals surface area (Å²) in [7, 11) is 0. The summed E-state index contributed by atoms with van der Waals surface area (Å²) in [4.78, 5) is 40.1. The van der Waals surface area contributed by atoms with E-state index in [9.17, 15) is 14.4 Å². The first-order chi connectivity index (χ1) is 16.1. The average molecular weight is 504 g/mol. The highest BCUT2D eigenvalue weighted by atomic mass is 35.5. The van der Waals surface area contributed by atoms with E-state index in [0.29, 0.717) is 28.9 Å². The van der Waals surface area contributed by atoms with E-state index in [1.54, 1.807) is 43.3 Å². The smallest absolute Gasteiger partial charge is 0.273 e. The number of rotatable bonds is 9. The van der Waals surface area contributed by atoms with E-state index >= 15 is 0 Å². The third-order valence-electron chi connectivity index (χ3n) is 5.04. The molecule has 2 aromatic heterocycles. The van der Waals surface area contributed by atoms with Crippen LogP contribution in [0.1, 0.15) is 58.0 Å². The highest BCUT2D eigenvalue weighted by molar-refractivity contribution is 7.09. The molecule has 11 heteroatoms. The van der Waals surface area contributed by atoms with Crippen LogP contribution in [0.3, 0.4) is 0 Å². The number of amides is 3. The molecule has 9 nitrogen and oxygen atoms in total. The van der Waals surface area contributed by atoms with Crippen LogP contribution in [0, 0.1) is 12.8 Å². The Morgan fingerprint density at radius 1 is 1.18 bits per heavy atom. The van der Waals surface area contributed by atoms with E-state index in [1.807, 2.05) is 13.8 Å². The maximum absolute atomic E-state index is 13.8. The van der Waals surface area contributed by atoms with Crippen LogP contribution in [0.25, 0.3) is 0 Å². The first-order valence-corrected chi connectivity index (χ1v) is 11.7. The number of primary amides is 1. The molecule has 0 aliphatic rings. The van der Waals surface area contributed by atoms with Gasteiger partial charge in [-0.1, -0.05) is 25.4 Å². The van der Waals surface area contributed by atoms with Crippen LogP contribution in [0.5, 0.6) is 0 Å². The van der Waals surface area contributed by atoms with Crippen molar-refractivity contribution in [3.05, 3.63) is 63.5 Å². The second kappa shape index (κ2) is 10.7. The summed E-state index contributed by atoms with van der Waals surface area (Å²) in [5.74, 6) is -0.703. The Balaban J connectivity index is 2.12. The predicted molar refractivity (Wildman–Crippen MR) is 132 cm³/mol. The number of nitrogens with one attached hydrogen (secondary N) is 1. The SMILES string of the molecule is Cc1ccc(C(C(=O)NCCC(C)C)N(C(=O)c2snc(C(N)=O)c2N)c2ccc(Cl)cc2)o1. The van der Waals surface area contributed by atoms with E-state index in [-0.39, 0.29) is 22.0 Å². The van der Waals surface area contributed by atoms with Gasteiger partial charge in [0.25, 0.3) is 17.7 Å². The fourth-order valence-corrected chi connectivity index (χ4v) is 4.15. The topological polar surface area (TPSA) is 145 Å². The summed E-state index contributed by atoms with van der Waals surface area (Å²) in [6.45, 7) is 6.26. The monoisotopic (exact) mass is 503 g/mol. The standard InChI is InChI=1S/C23H26ClN5O4S/c1-12(2)10-11-27-22(31)19(16-9-4-13(3)33-16)29(15-7-5-14(24)6-8-15)23(32)20-17(25)18(21(26)30)28-34-20/h4-9,12,19H,10-11,25H2,1-3H3,(H2,26,30)(H,27,31). The zero-order valence-electron chi connectivity index (χ0n) is 19.0. The van der Waals surface area contributed by atoms with E-state index in [0.717, 1.165) is 18.0 Å². The summed E-state index contributed by atoms with van der Waals surface area (Å²) in [5, 5.41) is 3.35. The van der Waals surface area contributed by atoms with Gasteiger partial charge in [-0.05, 0) is 67.2 Å². The van der Waals surface area contributed by atoms with Crippen molar-refractivity contribution in [2.75, 3.05) is 17.2 Å². The minimum atomic E-state index is -1.16. The maximum Gasteiger partial charge on any atom is 0.273 e. The van der Waals surface area contributed by atoms with E-state index in [1.165, 1.54) is 4.90 Å². The number of halogens is 1. The van der Waals surface area contributed by atoms with Gasteiger partial charge in [0.05, 0.1) is 5.69 Å². The van der Waals surface area contributed by atoms with Crippen LogP contribution in [-0.4, -0.2) is 28.6 Å². The van der Waals surface area contributed by atoms with Crippen molar-refractivity contribution in [3.63, 3.8) is 0 Å². The third kappa shape index (κ3) is 5.57. The lowest BCUT2D eigenvalue weighted by atomic mass is 10.1. The number of aryl methyl sites for hydroxylation is 1.